The zero-order chi connectivity index (χ0) is 24.8. The number of aromatic nitrogens is 3. The van der Waals surface area contributed by atoms with Gasteiger partial charge in [0.25, 0.3) is 0 Å². The molecular formula is C26H32N4O5. The summed E-state index contributed by atoms with van der Waals surface area (Å²) < 4.78 is 20.3. The maximum absolute atomic E-state index is 11.6. The van der Waals surface area contributed by atoms with Crippen LogP contribution in [0.5, 0.6) is 5.75 Å². The van der Waals surface area contributed by atoms with Gasteiger partial charge in [0, 0.05) is 68.6 Å². The first-order valence-corrected chi connectivity index (χ1v) is 12.0. The number of amides is 1. The van der Waals surface area contributed by atoms with Gasteiger partial charge in [-0.1, -0.05) is 0 Å². The number of aliphatic hydroxyl groups is 1. The van der Waals surface area contributed by atoms with Crippen LogP contribution < -0.4 is 10.1 Å². The van der Waals surface area contributed by atoms with Gasteiger partial charge in [-0.05, 0) is 19.9 Å². The molecule has 2 N–H and O–H groups in total. The Balaban J connectivity index is 1.64. The number of aryl methyl sites for hydroxylation is 1. The highest BCUT2D eigenvalue weighted by Gasteiger charge is 2.44. The Hall–Kier alpha value is -3.01. The van der Waals surface area contributed by atoms with Gasteiger partial charge in [-0.3, -0.25) is 4.79 Å². The number of pyridine rings is 2. The SMILES string of the molecule is CC(=O)Nc1cc2c(-c3cc(OCCC(C)(C)O)c4c(n3)C3(CCOC3)OCC4)cn(C)c2cn1. The molecule has 5 heterocycles. The van der Waals surface area contributed by atoms with E-state index in [1.54, 1.807) is 20.0 Å². The molecule has 0 aliphatic carbocycles. The standard InChI is InChI=1S/C26H32N4O5/c1-16(31)28-23-11-18-19(14-30(4)21(18)13-27-23)20-12-22(34-10-6-25(2,3)32)17-5-8-35-26(24(17)29-20)7-9-33-15-26/h11-14,32H,5-10,15H2,1-4H3,(H,27,28,31). The second-order valence-electron chi connectivity index (χ2n) is 10.1. The zero-order valence-electron chi connectivity index (χ0n) is 20.7. The molecule has 1 saturated heterocycles. The second-order valence-corrected chi connectivity index (χ2v) is 10.1. The number of carbonyl (C=O) groups excluding carboxylic acids is 1. The van der Waals surface area contributed by atoms with Gasteiger partial charge in [-0.25, -0.2) is 9.97 Å². The van der Waals surface area contributed by atoms with E-state index in [2.05, 4.69) is 10.3 Å². The molecule has 0 bridgehead atoms. The maximum Gasteiger partial charge on any atom is 0.222 e. The third-order valence-corrected chi connectivity index (χ3v) is 6.66. The van der Waals surface area contributed by atoms with Crippen LogP contribution in [0.2, 0.25) is 0 Å². The van der Waals surface area contributed by atoms with Crippen LogP contribution in [0, 0.1) is 0 Å². The molecule has 186 valence electrons. The molecule has 1 amide bonds. The Labute approximate surface area is 204 Å². The van der Waals surface area contributed by atoms with E-state index in [1.807, 2.05) is 29.9 Å². The first-order valence-electron chi connectivity index (χ1n) is 12.0. The number of carbonyl (C=O) groups is 1. The van der Waals surface area contributed by atoms with Gasteiger partial charge in [0.1, 0.15) is 17.2 Å². The van der Waals surface area contributed by atoms with E-state index in [-0.39, 0.29) is 5.91 Å². The third-order valence-electron chi connectivity index (χ3n) is 6.66. The summed E-state index contributed by atoms with van der Waals surface area (Å²) in [6, 6.07) is 3.85. The lowest BCUT2D eigenvalue weighted by molar-refractivity contribution is -0.114. The number of rotatable bonds is 6. The van der Waals surface area contributed by atoms with Gasteiger partial charge in [0.05, 0.1) is 48.5 Å². The van der Waals surface area contributed by atoms with Crippen molar-refractivity contribution >= 4 is 22.6 Å². The van der Waals surface area contributed by atoms with Crippen molar-refractivity contribution in [3.63, 3.8) is 0 Å². The van der Waals surface area contributed by atoms with Gasteiger partial charge in [0.15, 0.2) is 0 Å². The largest absolute Gasteiger partial charge is 0.493 e. The Bertz CT molecular complexity index is 1270. The van der Waals surface area contributed by atoms with E-state index in [4.69, 9.17) is 19.2 Å². The zero-order valence-corrected chi connectivity index (χ0v) is 20.7. The number of nitrogens with one attached hydrogen (secondary N) is 1. The summed E-state index contributed by atoms with van der Waals surface area (Å²) in [6.07, 6.45) is 5.71. The molecule has 3 aromatic rings. The Kier molecular flexibility index (Phi) is 6.03. The van der Waals surface area contributed by atoms with Crippen LogP contribution in [0.1, 0.15) is 44.9 Å². The topological polar surface area (TPSA) is 108 Å². The molecular weight excluding hydrogens is 448 g/mol. The van der Waals surface area contributed by atoms with Crippen molar-refractivity contribution in [2.75, 3.05) is 31.7 Å². The lowest BCUT2D eigenvalue weighted by Crippen LogP contribution is -2.37. The first-order chi connectivity index (χ1) is 16.7. The van der Waals surface area contributed by atoms with Gasteiger partial charge in [-0.15, -0.1) is 0 Å². The van der Waals surface area contributed by atoms with Crippen LogP contribution in [0.15, 0.2) is 24.5 Å². The molecule has 1 atom stereocenters. The molecule has 1 fully saturated rings. The van der Waals surface area contributed by atoms with Gasteiger partial charge in [0.2, 0.25) is 5.91 Å². The smallest absolute Gasteiger partial charge is 0.222 e. The normalized spacial score (nSPS) is 19.8. The summed E-state index contributed by atoms with van der Waals surface area (Å²) >= 11 is 0. The third kappa shape index (κ3) is 4.63. The summed E-state index contributed by atoms with van der Waals surface area (Å²) in [4.78, 5) is 21.1. The van der Waals surface area contributed by atoms with E-state index in [0.29, 0.717) is 45.1 Å². The minimum atomic E-state index is -0.817. The number of nitrogens with zero attached hydrogens (tertiary/aromatic N) is 3. The van der Waals surface area contributed by atoms with Crippen LogP contribution in [0.25, 0.3) is 22.2 Å². The second kappa shape index (κ2) is 8.89. The summed E-state index contributed by atoms with van der Waals surface area (Å²) in [5.41, 5.74) is 3.10. The quantitative estimate of drug-likeness (QED) is 0.557. The van der Waals surface area contributed by atoms with Crippen molar-refractivity contribution < 1.29 is 24.1 Å². The number of ether oxygens (including phenoxy) is 3. The van der Waals surface area contributed by atoms with Crippen molar-refractivity contribution in [2.45, 2.75) is 51.2 Å². The van der Waals surface area contributed by atoms with Crippen LogP contribution in [-0.4, -0.2) is 57.6 Å². The molecule has 9 heteroatoms. The van der Waals surface area contributed by atoms with E-state index in [0.717, 1.165) is 45.6 Å². The lowest BCUT2D eigenvalue weighted by atomic mass is 9.89. The van der Waals surface area contributed by atoms with E-state index >= 15 is 0 Å². The number of anilines is 1. The first kappa shape index (κ1) is 23.7. The molecule has 35 heavy (non-hydrogen) atoms. The van der Waals surface area contributed by atoms with Gasteiger partial charge >= 0.3 is 0 Å². The molecule has 2 aliphatic heterocycles. The molecule has 1 unspecified atom stereocenters. The summed E-state index contributed by atoms with van der Waals surface area (Å²) in [6.45, 7) is 7.07. The number of fused-ring (bicyclic) bond motifs is 3. The average Bonchev–Trinajstić information content (AvgIpc) is 3.38. The predicted molar refractivity (Wildman–Crippen MR) is 131 cm³/mol. The summed E-state index contributed by atoms with van der Waals surface area (Å²) in [7, 11) is 1.96. The molecule has 9 nitrogen and oxygen atoms in total. The molecule has 5 rings (SSSR count). The van der Waals surface area contributed by atoms with Crippen LogP contribution in [-0.2, 0) is 33.3 Å². The highest BCUT2D eigenvalue weighted by atomic mass is 16.6. The van der Waals surface area contributed by atoms with Crippen LogP contribution in [0.3, 0.4) is 0 Å². The molecule has 0 saturated carbocycles. The average molecular weight is 481 g/mol. The Morgan fingerprint density at radius 1 is 1.34 bits per heavy atom. The van der Waals surface area contributed by atoms with Crippen molar-refractivity contribution in [2.24, 2.45) is 7.05 Å². The Morgan fingerprint density at radius 2 is 2.17 bits per heavy atom. The highest BCUT2D eigenvalue weighted by molar-refractivity contribution is 5.98. The fourth-order valence-corrected chi connectivity index (χ4v) is 4.84. The minimum absolute atomic E-state index is 0.177. The fraction of sp³-hybridized carbons (Fsp3) is 0.500. The van der Waals surface area contributed by atoms with E-state index in [1.165, 1.54) is 6.92 Å². The minimum Gasteiger partial charge on any atom is -0.493 e. The van der Waals surface area contributed by atoms with Crippen molar-refractivity contribution in [3.05, 3.63) is 35.8 Å². The maximum atomic E-state index is 11.6. The fourth-order valence-electron chi connectivity index (χ4n) is 4.84. The van der Waals surface area contributed by atoms with E-state index < -0.39 is 11.2 Å². The lowest BCUT2D eigenvalue weighted by Gasteiger charge is -2.34. The number of hydrogen-bond acceptors (Lipinski definition) is 7. The summed E-state index contributed by atoms with van der Waals surface area (Å²) in [5, 5.41) is 13.9. The molecule has 3 aromatic heterocycles. The van der Waals surface area contributed by atoms with Gasteiger partial charge in [-0.2, -0.15) is 0 Å². The Morgan fingerprint density at radius 3 is 2.89 bits per heavy atom. The molecule has 2 aliphatic rings. The highest BCUT2D eigenvalue weighted by Crippen LogP contribution is 2.44. The summed E-state index contributed by atoms with van der Waals surface area (Å²) in [5.74, 6) is 1.07. The van der Waals surface area contributed by atoms with E-state index in [9.17, 15) is 9.90 Å². The van der Waals surface area contributed by atoms with Crippen LogP contribution in [0.4, 0.5) is 5.82 Å². The van der Waals surface area contributed by atoms with Crippen LogP contribution >= 0.6 is 0 Å². The van der Waals surface area contributed by atoms with Gasteiger partial charge < -0.3 is 29.2 Å². The molecule has 1 spiro atoms. The predicted octanol–water partition coefficient (Wildman–Crippen LogP) is 3.32. The van der Waals surface area contributed by atoms with Crippen molar-refractivity contribution in [3.8, 4) is 17.0 Å². The number of hydrogen-bond donors (Lipinski definition) is 2. The van der Waals surface area contributed by atoms with Crippen molar-refractivity contribution in [1.29, 1.82) is 0 Å². The van der Waals surface area contributed by atoms with Crippen molar-refractivity contribution in [1.82, 2.24) is 14.5 Å². The molecule has 0 radical (unpaired) electrons. The monoisotopic (exact) mass is 480 g/mol. The molecule has 0 aromatic carbocycles.